The second-order valence-corrected chi connectivity index (χ2v) is 12.6. The van der Waals surface area contributed by atoms with Crippen LogP contribution in [0.1, 0.15) is 0 Å². The van der Waals surface area contributed by atoms with Crippen LogP contribution in [0.4, 0.5) is 0 Å². The molecule has 0 amide bonds. The van der Waals surface area contributed by atoms with E-state index in [2.05, 4.69) is 120 Å². The van der Waals surface area contributed by atoms with E-state index in [4.69, 9.17) is 19.4 Å². The zero-order valence-electron chi connectivity index (χ0n) is 27.4. The van der Waals surface area contributed by atoms with Crippen molar-refractivity contribution in [2.75, 3.05) is 0 Å². The first-order valence-electron chi connectivity index (χ1n) is 17.0. The Kier molecular flexibility index (Phi) is 6.74. The number of pyridine rings is 1. The lowest BCUT2D eigenvalue weighted by Gasteiger charge is -2.14. The Balaban J connectivity index is 1.20. The molecule has 0 spiro atoms. The van der Waals surface area contributed by atoms with Crippen LogP contribution in [0, 0.1) is 0 Å². The predicted octanol–water partition coefficient (Wildman–Crippen LogP) is 11.8. The minimum Gasteiger partial charge on any atom is -0.454 e. The minimum absolute atomic E-state index is 0.612. The van der Waals surface area contributed by atoms with Gasteiger partial charge in [0, 0.05) is 39.2 Å². The first kappa shape index (κ1) is 29.0. The Morgan fingerprint density at radius 3 is 1.69 bits per heavy atom. The smallest absolute Gasteiger partial charge is 0.164 e. The molecule has 3 aromatic heterocycles. The predicted molar refractivity (Wildman–Crippen MR) is 207 cm³/mol. The Hall–Kier alpha value is -6.98. The van der Waals surface area contributed by atoms with E-state index >= 15 is 0 Å². The number of furan rings is 1. The van der Waals surface area contributed by atoms with Gasteiger partial charge in [0.15, 0.2) is 23.1 Å². The third-order valence-electron chi connectivity index (χ3n) is 9.62. The highest BCUT2D eigenvalue weighted by atomic mass is 16.3. The molecule has 0 aliphatic carbocycles. The number of hydrogen-bond acceptors (Lipinski definition) is 5. The summed E-state index contributed by atoms with van der Waals surface area (Å²) in [5.74, 6) is 1.86. The van der Waals surface area contributed by atoms with E-state index < -0.39 is 0 Å². The molecule has 0 aliphatic rings. The molecule has 7 aromatic carbocycles. The Morgan fingerprint density at radius 1 is 0.353 bits per heavy atom. The summed E-state index contributed by atoms with van der Waals surface area (Å²) in [6, 6.07) is 54.3. The fraction of sp³-hybridized carbons (Fsp3) is 0. The van der Waals surface area contributed by atoms with Crippen molar-refractivity contribution < 1.29 is 4.42 Å². The molecule has 5 heteroatoms. The van der Waals surface area contributed by atoms with E-state index in [1.165, 1.54) is 5.39 Å². The second kappa shape index (κ2) is 11.9. The summed E-state index contributed by atoms with van der Waals surface area (Å²) < 4.78 is 6.39. The summed E-state index contributed by atoms with van der Waals surface area (Å²) in [7, 11) is 0. The maximum Gasteiger partial charge on any atom is 0.164 e. The van der Waals surface area contributed by atoms with Gasteiger partial charge in [0.05, 0.1) is 6.20 Å². The topological polar surface area (TPSA) is 64.7 Å². The molecule has 0 bridgehead atoms. The first-order chi connectivity index (χ1) is 25.3. The SMILES string of the molecule is c1ccc(-c2nc(-c3ccccc3-c3ccccc3)nc(-c3ccc(-c4cncc5oc6cc7ccccc7cc6c45)c4ccccc34)n2)cc1. The molecule has 0 N–H and O–H groups in total. The van der Waals surface area contributed by atoms with Gasteiger partial charge in [-0.1, -0.05) is 140 Å². The third kappa shape index (κ3) is 4.94. The molecule has 0 unspecified atom stereocenters. The van der Waals surface area contributed by atoms with Gasteiger partial charge in [0.25, 0.3) is 0 Å². The largest absolute Gasteiger partial charge is 0.454 e. The minimum atomic E-state index is 0.612. The third-order valence-corrected chi connectivity index (χ3v) is 9.62. The number of rotatable bonds is 5. The average molecular weight is 653 g/mol. The monoisotopic (exact) mass is 652 g/mol. The fourth-order valence-corrected chi connectivity index (χ4v) is 7.23. The fourth-order valence-electron chi connectivity index (χ4n) is 7.23. The molecule has 0 fully saturated rings. The lowest BCUT2D eigenvalue weighted by Crippen LogP contribution is -2.01. The van der Waals surface area contributed by atoms with Crippen molar-refractivity contribution in [3.63, 3.8) is 0 Å². The van der Waals surface area contributed by atoms with Gasteiger partial charge in [0.1, 0.15) is 5.58 Å². The van der Waals surface area contributed by atoms with Crippen molar-refractivity contribution in [3.8, 4) is 56.4 Å². The van der Waals surface area contributed by atoms with Crippen LogP contribution < -0.4 is 0 Å². The summed E-state index contributed by atoms with van der Waals surface area (Å²) in [6.45, 7) is 0. The van der Waals surface area contributed by atoms with Crippen molar-refractivity contribution in [3.05, 3.63) is 170 Å². The molecule has 0 atom stereocenters. The molecule has 0 aliphatic heterocycles. The molecule has 51 heavy (non-hydrogen) atoms. The maximum absolute atomic E-state index is 6.39. The van der Waals surface area contributed by atoms with E-state index in [0.29, 0.717) is 17.5 Å². The summed E-state index contributed by atoms with van der Waals surface area (Å²) in [4.78, 5) is 20.0. The normalized spacial score (nSPS) is 11.5. The summed E-state index contributed by atoms with van der Waals surface area (Å²) >= 11 is 0. The van der Waals surface area contributed by atoms with Gasteiger partial charge in [-0.05, 0) is 56.4 Å². The van der Waals surface area contributed by atoms with Crippen molar-refractivity contribution in [1.82, 2.24) is 19.9 Å². The Bertz CT molecular complexity index is 2920. The van der Waals surface area contributed by atoms with Crippen molar-refractivity contribution in [2.45, 2.75) is 0 Å². The van der Waals surface area contributed by atoms with Crippen LogP contribution >= 0.6 is 0 Å². The lowest BCUT2D eigenvalue weighted by atomic mass is 9.93. The van der Waals surface area contributed by atoms with Crippen molar-refractivity contribution >= 4 is 43.5 Å². The highest BCUT2D eigenvalue weighted by Crippen LogP contribution is 2.42. The number of hydrogen-bond donors (Lipinski definition) is 0. The second-order valence-electron chi connectivity index (χ2n) is 12.6. The van der Waals surface area contributed by atoms with Gasteiger partial charge in [-0.2, -0.15) is 0 Å². The highest BCUT2D eigenvalue weighted by molar-refractivity contribution is 6.18. The molecule has 0 radical (unpaired) electrons. The van der Waals surface area contributed by atoms with Crippen LogP contribution in [0.3, 0.4) is 0 Å². The van der Waals surface area contributed by atoms with Crippen LogP contribution in [-0.4, -0.2) is 19.9 Å². The van der Waals surface area contributed by atoms with Gasteiger partial charge in [-0.15, -0.1) is 0 Å². The zero-order chi connectivity index (χ0) is 33.7. The summed E-state index contributed by atoms with van der Waals surface area (Å²) in [5.41, 5.74) is 8.66. The number of fused-ring (bicyclic) bond motifs is 5. The molecule has 0 saturated carbocycles. The number of benzene rings is 7. The zero-order valence-corrected chi connectivity index (χ0v) is 27.4. The summed E-state index contributed by atoms with van der Waals surface area (Å²) in [5, 5.41) is 6.55. The van der Waals surface area contributed by atoms with Crippen molar-refractivity contribution in [1.29, 1.82) is 0 Å². The van der Waals surface area contributed by atoms with Crippen LogP contribution in [0.5, 0.6) is 0 Å². The Morgan fingerprint density at radius 2 is 0.922 bits per heavy atom. The maximum atomic E-state index is 6.39. The lowest BCUT2D eigenvalue weighted by molar-refractivity contribution is 0.667. The molecular weight excluding hydrogens is 625 g/mol. The molecule has 10 aromatic rings. The van der Waals surface area contributed by atoms with Gasteiger partial charge in [-0.25, -0.2) is 15.0 Å². The van der Waals surface area contributed by atoms with E-state index in [1.54, 1.807) is 0 Å². The summed E-state index contributed by atoms with van der Waals surface area (Å²) in [6.07, 6.45) is 3.76. The van der Waals surface area contributed by atoms with E-state index in [9.17, 15) is 0 Å². The average Bonchev–Trinajstić information content (AvgIpc) is 3.57. The molecule has 238 valence electrons. The van der Waals surface area contributed by atoms with E-state index in [0.717, 1.165) is 77.0 Å². The van der Waals surface area contributed by atoms with Crippen LogP contribution in [0.2, 0.25) is 0 Å². The van der Waals surface area contributed by atoms with Gasteiger partial charge >= 0.3 is 0 Å². The van der Waals surface area contributed by atoms with Gasteiger partial charge in [-0.3, -0.25) is 4.98 Å². The molecule has 0 saturated heterocycles. The Labute approximate surface area is 293 Å². The van der Waals surface area contributed by atoms with Crippen LogP contribution in [0.15, 0.2) is 175 Å². The molecule has 5 nitrogen and oxygen atoms in total. The van der Waals surface area contributed by atoms with Gasteiger partial charge in [0.2, 0.25) is 0 Å². The van der Waals surface area contributed by atoms with Crippen molar-refractivity contribution in [2.24, 2.45) is 0 Å². The first-order valence-corrected chi connectivity index (χ1v) is 17.0. The molecular formula is C46H28N4O. The van der Waals surface area contributed by atoms with Crippen LogP contribution in [0.25, 0.3) is 99.9 Å². The molecule has 3 heterocycles. The van der Waals surface area contributed by atoms with Crippen LogP contribution in [-0.2, 0) is 0 Å². The van der Waals surface area contributed by atoms with Gasteiger partial charge < -0.3 is 4.42 Å². The molecule has 10 rings (SSSR count). The number of aromatic nitrogens is 4. The highest BCUT2D eigenvalue weighted by Gasteiger charge is 2.20. The number of nitrogens with zero attached hydrogens (tertiary/aromatic N) is 4. The standard InChI is InChI=1S/C46H28N4O/c1-3-13-29(14-4-1)33-19-9-12-22-37(33)45-48-44(30-15-5-2-6-16-30)49-46(50-45)38-24-23-36(34-20-10-11-21-35(34)38)40-27-47-28-42-43(40)39-25-31-17-7-8-18-32(31)26-41(39)51-42/h1-28H. The quantitative estimate of drug-likeness (QED) is 0.185. The van der Waals surface area contributed by atoms with E-state index in [1.807, 2.05) is 54.9 Å². The van der Waals surface area contributed by atoms with E-state index in [-0.39, 0.29) is 0 Å².